The van der Waals surface area contributed by atoms with E-state index in [2.05, 4.69) is 10.4 Å². The molecule has 2 N–H and O–H groups in total. The lowest BCUT2D eigenvalue weighted by molar-refractivity contribution is -0.117. The monoisotopic (exact) mass is 311 g/mol. The maximum Gasteiger partial charge on any atom is 0.356 e. The number of nitrogens with zero attached hydrogens (tertiary/aromatic N) is 2. The molecule has 2 aromatic rings. The van der Waals surface area contributed by atoms with Crippen molar-refractivity contribution in [3.8, 4) is 5.69 Å². The fraction of sp³-hybridized carbons (Fsp3) is 0.353. The second kappa shape index (κ2) is 5.22. The minimum atomic E-state index is -1.06. The van der Waals surface area contributed by atoms with E-state index in [1.165, 1.54) is 23.6 Å². The Kier molecular flexibility index (Phi) is 3.18. The van der Waals surface area contributed by atoms with Crippen LogP contribution in [0.1, 0.15) is 29.8 Å². The number of carbonyl (C=O) groups is 2. The number of benzene rings is 1. The van der Waals surface area contributed by atoms with Crippen molar-refractivity contribution in [2.45, 2.75) is 19.3 Å². The van der Waals surface area contributed by atoms with Crippen molar-refractivity contribution in [3.63, 3.8) is 0 Å². The van der Waals surface area contributed by atoms with Gasteiger partial charge in [-0.05, 0) is 55.4 Å². The predicted molar refractivity (Wildman–Crippen MR) is 83.5 cm³/mol. The Hall–Kier alpha value is -2.63. The van der Waals surface area contributed by atoms with Gasteiger partial charge in [0, 0.05) is 17.8 Å². The molecular weight excluding hydrogens is 294 g/mol. The lowest BCUT2D eigenvalue weighted by Gasteiger charge is -2.07. The molecule has 1 aromatic carbocycles. The third-order valence-electron chi connectivity index (χ3n) is 4.59. The van der Waals surface area contributed by atoms with Gasteiger partial charge in [-0.1, -0.05) is 6.07 Å². The molecule has 23 heavy (non-hydrogen) atoms. The van der Waals surface area contributed by atoms with Gasteiger partial charge in [-0.3, -0.25) is 4.79 Å². The van der Waals surface area contributed by atoms with Crippen LogP contribution in [0.2, 0.25) is 0 Å². The summed E-state index contributed by atoms with van der Waals surface area (Å²) in [5.74, 6) is 0.547. The maximum absolute atomic E-state index is 12.2. The highest BCUT2D eigenvalue weighted by Gasteiger charge is 2.51. The van der Waals surface area contributed by atoms with Crippen LogP contribution in [0.5, 0.6) is 0 Å². The van der Waals surface area contributed by atoms with E-state index in [0.29, 0.717) is 17.3 Å². The SMILES string of the molecule is O=C(O)c1ccn(-c2cccc(NC(=O)[C@@H]3C[C@H]3C3CC3)c2)n1. The molecule has 0 bridgehead atoms. The van der Waals surface area contributed by atoms with Crippen molar-refractivity contribution in [2.75, 3.05) is 5.32 Å². The Morgan fingerprint density at radius 1 is 1.26 bits per heavy atom. The topological polar surface area (TPSA) is 84.2 Å². The summed E-state index contributed by atoms with van der Waals surface area (Å²) in [7, 11) is 0. The zero-order valence-electron chi connectivity index (χ0n) is 12.5. The number of rotatable bonds is 5. The summed E-state index contributed by atoms with van der Waals surface area (Å²) < 4.78 is 1.49. The van der Waals surface area contributed by atoms with Gasteiger partial charge >= 0.3 is 5.97 Å². The first-order chi connectivity index (χ1) is 11.1. The number of hydrogen-bond donors (Lipinski definition) is 2. The van der Waals surface area contributed by atoms with Crippen molar-refractivity contribution in [1.29, 1.82) is 0 Å². The minimum Gasteiger partial charge on any atom is -0.476 e. The molecule has 0 radical (unpaired) electrons. The third kappa shape index (κ3) is 2.84. The number of aromatic nitrogens is 2. The van der Waals surface area contributed by atoms with Crippen molar-refractivity contribution < 1.29 is 14.7 Å². The highest BCUT2D eigenvalue weighted by molar-refractivity contribution is 5.94. The van der Waals surface area contributed by atoms with Gasteiger partial charge in [-0.15, -0.1) is 0 Å². The second-order valence-electron chi connectivity index (χ2n) is 6.33. The highest BCUT2D eigenvalue weighted by atomic mass is 16.4. The van der Waals surface area contributed by atoms with E-state index in [4.69, 9.17) is 5.11 Å². The number of carboxylic acids is 1. The number of hydrogen-bond acceptors (Lipinski definition) is 3. The number of anilines is 1. The zero-order chi connectivity index (χ0) is 16.0. The number of nitrogens with one attached hydrogen (secondary N) is 1. The molecule has 0 aliphatic heterocycles. The van der Waals surface area contributed by atoms with Crippen LogP contribution in [-0.4, -0.2) is 26.8 Å². The Balaban J connectivity index is 1.47. The maximum atomic E-state index is 12.2. The molecule has 1 amide bonds. The lowest BCUT2D eigenvalue weighted by Crippen LogP contribution is -2.15. The molecule has 2 fully saturated rings. The molecule has 0 unspecified atom stereocenters. The Morgan fingerprint density at radius 2 is 2.09 bits per heavy atom. The van der Waals surface area contributed by atoms with E-state index in [0.717, 1.165) is 12.3 Å². The first-order valence-electron chi connectivity index (χ1n) is 7.82. The standard InChI is InChI=1S/C17H17N3O3/c21-16(14-9-13(14)10-4-5-10)18-11-2-1-3-12(8-11)20-7-6-15(19-20)17(22)23/h1-3,6-8,10,13-14H,4-5,9H2,(H,18,21)(H,22,23)/t13-,14+/m0/s1. The number of carbonyl (C=O) groups excluding carboxylic acids is 1. The van der Waals surface area contributed by atoms with Crippen molar-refractivity contribution >= 4 is 17.6 Å². The van der Waals surface area contributed by atoms with E-state index >= 15 is 0 Å². The van der Waals surface area contributed by atoms with Gasteiger partial charge in [0.15, 0.2) is 5.69 Å². The molecule has 2 atom stereocenters. The first-order valence-corrected chi connectivity index (χ1v) is 7.82. The van der Waals surface area contributed by atoms with Gasteiger partial charge in [0.2, 0.25) is 5.91 Å². The van der Waals surface area contributed by atoms with Gasteiger partial charge in [-0.2, -0.15) is 5.10 Å². The van der Waals surface area contributed by atoms with Crippen LogP contribution in [0.4, 0.5) is 5.69 Å². The van der Waals surface area contributed by atoms with Crippen LogP contribution in [0.25, 0.3) is 5.69 Å². The second-order valence-corrected chi connectivity index (χ2v) is 6.33. The molecule has 2 aliphatic rings. The normalized spacial score (nSPS) is 22.6. The largest absolute Gasteiger partial charge is 0.476 e. The smallest absolute Gasteiger partial charge is 0.356 e. The first kappa shape index (κ1) is 14.0. The van der Waals surface area contributed by atoms with Gasteiger partial charge in [0.1, 0.15) is 0 Å². The fourth-order valence-corrected chi connectivity index (χ4v) is 3.10. The van der Waals surface area contributed by atoms with Gasteiger partial charge < -0.3 is 10.4 Å². The summed E-state index contributed by atoms with van der Waals surface area (Å²) >= 11 is 0. The molecule has 6 nitrogen and oxygen atoms in total. The molecule has 2 saturated carbocycles. The molecule has 0 saturated heterocycles. The molecule has 1 aromatic heterocycles. The van der Waals surface area contributed by atoms with E-state index in [1.54, 1.807) is 12.3 Å². The van der Waals surface area contributed by atoms with Crippen LogP contribution in [0.3, 0.4) is 0 Å². The quantitative estimate of drug-likeness (QED) is 0.889. The van der Waals surface area contributed by atoms with Crippen LogP contribution in [-0.2, 0) is 4.79 Å². The van der Waals surface area contributed by atoms with Crippen molar-refractivity contribution in [1.82, 2.24) is 9.78 Å². The van der Waals surface area contributed by atoms with Crippen LogP contribution >= 0.6 is 0 Å². The van der Waals surface area contributed by atoms with E-state index in [1.807, 2.05) is 18.2 Å². The lowest BCUT2D eigenvalue weighted by atomic mass is 10.2. The summed E-state index contributed by atoms with van der Waals surface area (Å²) in [6, 6.07) is 8.71. The fourth-order valence-electron chi connectivity index (χ4n) is 3.10. The molecule has 0 spiro atoms. The Bertz CT molecular complexity index is 779. The summed E-state index contributed by atoms with van der Waals surface area (Å²) in [5.41, 5.74) is 1.41. The Labute approximate surface area is 133 Å². The van der Waals surface area contributed by atoms with Crippen LogP contribution in [0, 0.1) is 17.8 Å². The van der Waals surface area contributed by atoms with Crippen molar-refractivity contribution in [2.24, 2.45) is 17.8 Å². The molecule has 6 heteroatoms. The summed E-state index contributed by atoms with van der Waals surface area (Å²) in [4.78, 5) is 23.1. The molecular formula is C17H17N3O3. The van der Waals surface area contributed by atoms with Crippen LogP contribution in [0.15, 0.2) is 36.5 Å². The third-order valence-corrected chi connectivity index (χ3v) is 4.59. The average molecular weight is 311 g/mol. The predicted octanol–water partition coefficient (Wildman–Crippen LogP) is 2.56. The van der Waals surface area contributed by atoms with E-state index in [-0.39, 0.29) is 17.5 Å². The number of carboxylic acid groups (broad SMARTS) is 1. The average Bonchev–Trinajstić information content (AvgIpc) is 3.43. The summed E-state index contributed by atoms with van der Waals surface area (Å²) in [6.45, 7) is 0. The van der Waals surface area contributed by atoms with E-state index < -0.39 is 5.97 Å². The zero-order valence-corrected chi connectivity index (χ0v) is 12.5. The summed E-state index contributed by atoms with van der Waals surface area (Å²) in [6.07, 6.45) is 5.15. The Morgan fingerprint density at radius 3 is 2.78 bits per heavy atom. The van der Waals surface area contributed by atoms with E-state index in [9.17, 15) is 9.59 Å². The van der Waals surface area contributed by atoms with Gasteiger partial charge in [0.25, 0.3) is 0 Å². The minimum absolute atomic E-state index is 0.00954. The van der Waals surface area contributed by atoms with Gasteiger partial charge in [0.05, 0.1) is 5.69 Å². The number of aromatic carboxylic acids is 1. The summed E-state index contributed by atoms with van der Waals surface area (Å²) in [5, 5.41) is 15.9. The molecule has 2 aliphatic carbocycles. The van der Waals surface area contributed by atoms with Crippen molar-refractivity contribution in [3.05, 3.63) is 42.2 Å². The number of amides is 1. The highest BCUT2D eigenvalue weighted by Crippen LogP contribution is 2.54. The molecule has 4 rings (SSSR count). The molecule has 1 heterocycles. The van der Waals surface area contributed by atoms with Gasteiger partial charge in [-0.25, -0.2) is 9.48 Å². The molecule has 118 valence electrons. The van der Waals surface area contributed by atoms with Crippen LogP contribution < -0.4 is 5.32 Å².